The summed E-state index contributed by atoms with van der Waals surface area (Å²) in [6.45, 7) is 2.72. The standard InChI is InChI=1S/C25H27N3O5/c1-17-7-9-19(10-8-17)24(29)32-16-21-11-12-22(33-21)28-13-20(23(26)27-25(28)30)15-31-14-18-5-3-2-4-6-18/h2-10,13,21-22H,11-12,14-16H2,1H3,(H2,26,27,30)/t21-,22-/m0/s1. The molecule has 0 unspecified atom stereocenters. The summed E-state index contributed by atoms with van der Waals surface area (Å²) in [4.78, 5) is 28.6. The molecule has 3 aromatic rings. The van der Waals surface area contributed by atoms with E-state index >= 15 is 0 Å². The molecule has 8 nitrogen and oxygen atoms in total. The molecular formula is C25H27N3O5. The minimum atomic E-state index is -0.499. The molecular weight excluding hydrogens is 422 g/mol. The van der Waals surface area contributed by atoms with Gasteiger partial charge in [0.1, 0.15) is 18.7 Å². The number of esters is 1. The number of aryl methyl sites for hydroxylation is 1. The fourth-order valence-electron chi connectivity index (χ4n) is 3.65. The van der Waals surface area contributed by atoms with E-state index in [1.807, 2.05) is 49.4 Å². The third-order valence-corrected chi connectivity index (χ3v) is 5.51. The maximum atomic E-state index is 12.4. The van der Waals surface area contributed by atoms with Crippen molar-refractivity contribution >= 4 is 11.8 Å². The summed E-state index contributed by atoms with van der Waals surface area (Å²) < 4.78 is 18.5. The van der Waals surface area contributed by atoms with Gasteiger partial charge in [0.2, 0.25) is 0 Å². The van der Waals surface area contributed by atoms with Gasteiger partial charge in [-0.05, 0) is 37.5 Å². The first-order valence-electron chi connectivity index (χ1n) is 10.9. The molecule has 0 bridgehead atoms. The quantitative estimate of drug-likeness (QED) is 0.526. The summed E-state index contributed by atoms with van der Waals surface area (Å²) >= 11 is 0. The van der Waals surface area contributed by atoms with Crippen molar-refractivity contribution in [1.82, 2.24) is 9.55 Å². The molecule has 1 aliphatic rings. The number of hydrogen-bond acceptors (Lipinski definition) is 7. The molecule has 0 spiro atoms. The molecule has 33 heavy (non-hydrogen) atoms. The van der Waals surface area contributed by atoms with Crippen LogP contribution in [0.3, 0.4) is 0 Å². The largest absolute Gasteiger partial charge is 0.459 e. The number of aromatic nitrogens is 2. The van der Waals surface area contributed by atoms with Crippen molar-refractivity contribution < 1.29 is 19.0 Å². The molecule has 2 atom stereocenters. The van der Waals surface area contributed by atoms with Crippen LogP contribution in [0.25, 0.3) is 0 Å². The molecule has 2 heterocycles. The van der Waals surface area contributed by atoms with E-state index in [-0.39, 0.29) is 25.1 Å². The fourth-order valence-corrected chi connectivity index (χ4v) is 3.65. The van der Waals surface area contributed by atoms with Gasteiger partial charge < -0.3 is 19.9 Å². The minimum absolute atomic E-state index is 0.118. The second-order valence-electron chi connectivity index (χ2n) is 8.07. The lowest BCUT2D eigenvalue weighted by atomic mass is 10.1. The lowest BCUT2D eigenvalue weighted by Crippen LogP contribution is -2.29. The van der Waals surface area contributed by atoms with E-state index in [1.54, 1.807) is 18.3 Å². The number of carbonyl (C=O) groups excluding carboxylic acids is 1. The number of nitrogen functional groups attached to an aromatic ring is 1. The Morgan fingerprint density at radius 3 is 2.64 bits per heavy atom. The Morgan fingerprint density at radius 2 is 1.88 bits per heavy atom. The Hall–Kier alpha value is -3.49. The monoisotopic (exact) mass is 449 g/mol. The molecule has 0 aliphatic carbocycles. The van der Waals surface area contributed by atoms with Gasteiger partial charge in [-0.1, -0.05) is 48.0 Å². The number of rotatable bonds is 8. The van der Waals surface area contributed by atoms with Crippen LogP contribution in [0, 0.1) is 6.92 Å². The normalized spacial score (nSPS) is 17.7. The molecule has 0 amide bonds. The summed E-state index contributed by atoms with van der Waals surface area (Å²) in [6.07, 6.45) is 2.10. The molecule has 0 radical (unpaired) electrons. The van der Waals surface area contributed by atoms with E-state index in [2.05, 4.69) is 4.98 Å². The van der Waals surface area contributed by atoms with E-state index < -0.39 is 17.9 Å². The van der Waals surface area contributed by atoms with Crippen LogP contribution < -0.4 is 11.4 Å². The van der Waals surface area contributed by atoms with Crippen LogP contribution >= 0.6 is 0 Å². The van der Waals surface area contributed by atoms with Crippen molar-refractivity contribution in [2.75, 3.05) is 12.3 Å². The molecule has 2 aromatic carbocycles. The number of anilines is 1. The van der Waals surface area contributed by atoms with Crippen LogP contribution in [0.5, 0.6) is 0 Å². The van der Waals surface area contributed by atoms with E-state index in [0.29, 0.717) is 30.6 Å². The van der Waals surface area contributed by atoms with Crippen molar-refractivity contribution in [3.63, 3.8) is 0 Å². The Labute approximate surface area is 191 Å². The van der Waals surface area contributed by atoms with E-state index in [4.69, 9.17) is 19.9 Å². The summed E-state index contributed by atoms with van der Waals surface area (Å²) in [7, 11) is 0. The average Bonchev–Trinajstić information content (AvgIpc) is 3.29. The third kappa shape index (κ3) is 5.85. The van der Waals surface area contributed by atoms with Crippen LogP contribution in [0.2, 0.25) is 0 Å². The molecule has 8 heteroatoms. The lowest BCUT2D eigenvalue weighted by molar-refractivity contribution is -0.0341. The Bertz CT molecular complexity index is 1140. The summed E-state index contributed by atoms with van der Waals surface area (Å²) in [5.41, 5.74) is 8.67. The van der Waals surface area contributed by atoms with Gasteiger partial charge in [0, 0.05) is 11.8 Å². The number of carbonyl (C=O) groups is 1. The van der Waals surface area contributed by atoms with Crippen LogP contribution in [0.1, 0.15) is 46.1 Å². The molecule has 1 saturated heterocycles. The van der Waals surface area contributed by atoms with E-state index in [1.165, 1.54) is 4.57 Å². The van der Waals surface area contributed by atoms with Crippen LogP contribution in [-0.4, -0.2) is 28.2 Å². The molecule has 4 rings (SSSR count). The highest BCUT2D eigenvalue weighted by Gasteiger charge is 2.29. The first kappa shape index (κ1) is 22.7. The predicted octanol–water partition coefficient (Wildman–Crippen LogP) is 3.39. The van der Waals surface area contributed by atoms with Gasteiger partial charge in [0.25, 0.3) is 0 Å². The zero-order chi connectivity index (χ0) is 23.2. The van der Waals surface area contributed by atoms with Crippen LogP contribution in [0.15, 0.2) is 65.6 Å². The van der Waals surface area contributed by atoms with Gasteiger partial charge in [0.05, 0.1) is 24.9 Å². The highest BCUT2D eigenvalue weighted by molar-refractivity contribution is 5.89. The number of benzene rings is 2. The molecule has 172 valence electrons. The van der Waals surface area contributed by atoms with Crippen molar-refractivity contribution in [3.05, 3.63) is 93.5 Å². The highest BCUT2D eigenvalue weighted by Crippen LogP contribution is 2.28. The Kier molecular flexibility index (Phi) is 7.16. The van der Waals surface area contributed by atoms with Gasteiger partial charge in [-0.15, -0.1) is 0 Å². The van der Waals surface area contributed by atoms with Gasteiger partial charge in [-0.3, -0.25) is 4.57 Å². The van der Waals surface area contributed by atoms with E-state index in [0.717, 1.165) is 11.1 Å². The van der Waals surface area contributed by atoms with Crippen molar-refractivity contribution in [1.29, 1.82) is 0 Å². The summed E-state index contributed by atoms with van der Waals surface area (Å²) in [6, 6.07) is 17.0. The molecule has 0 saturated carbocycles. The number of nitrogens with zero attached hydrogens (tertiary/aromatic N) is 2. The maximum Gasteiger partial charge on any atom is 0.351 e. The first-order valence-corrected chi connectivity index (χ1v) is 10.9. The van der Waals surface area contributed by atoms with Crippen LogP contribution in [-0.2, 0) is 27.4 Å². The first-order chi connectivity index (χ1) is 16.0. The number of nitrogens with two attached hydrogens (primary N) is 1. The van der Waals surface area contributed by atoms with Gasteiger partial charge in [0.15, 0.2) is 0 Å². The maximum absolute atomic E-state index is 12.4. The fraction of sp³-hybridized carbons (Fsp3) is 0.320. The molecule has 1 fully saturated rings. The van der Waals surface area contributed by atoms with Gasteiger partial charge in [-0.2, -0.15) is 4.98 Å². The van der Waals surface area contributed by atoms with Gasteiger partial charge >= 0.3 is 11.7 Å². The molecule has 1 aromatic heterocycles. The van der Waals surface area contributed by atoms with Crippen molar-refractivity contribution in [3.8, 4) is 0 Å². The predicted molar refractivity (Wildman–Crippen MR) is 122 cm³/mol. The minimum Gasteiger partial charge on any atom is -0.459 e. The van der Waals surface area contributed by atoms with Crippen LogP contribution in [0.4, 0.5) is 5.82 Å². The average molecular weight is 450 g/mol. The second kappa shape index (κ2) is 10.4. The summed E-state index contributed by atoms with van der Waals surface area (Å²) in [5.74, 6) is -0.253. The lowest BCUT2D eigenvalue weighted by Gasteiger charge is -2.17. The summed E-state index contributed by atoms with van der Waals surface area (Å²) in [5, 5.41) is 0. The van der Waals surface area contributed by atoms with Crippen molar-refractivity contribution in [2.45, 2.75) is 45.3 Å². The van der Waals surface area contributed by atoms with Crippen molar-refractivity contribution in [2.24, 2.45) is 0 Å². The Balaban J connectivity index is 1.33. The smallest absolute Gasteiger partial charge is 0.351 e. The molecule has 1 aliphatic heterocycles. The third-order valence-electron chi connectivity index (χ3n) is 5.51. The second-order valence-corrected chi connectivity index (χ2v) is 8.07. The number of ether oxygens (including phenoxy) is 3. The SMILES string of the molecule is Cc1ccc(C(=O)OC[C@@H]2CC[C@@H](n3cc(COCc4ccccc4)c(N)nc3=O)O2)cc1. The Morgan fingerprint density at radius 1 is 1.12 bits per heavy atom. The zero-order valence-electron chi connectivity index (χ0n) is 18.5. The topological polar surface area (TPSA) is 106 Å². The highest BCUT2D eigenvalue weighted by atomic mass is 16.6. The van der Waals surface area contributed by atoms with E-state index in [9.17, 15) is 9.59 Å². The number of hydrogen-bond donors (Lipinski definition) is 1. The molecule has 2 N–H and O–H groups in total. The zero-order valence-corrected chi connectivity index (χ0v) is 18.5. The van der Waals surface area contributed by atoms with Gasteiger partial charge in [-0.25, -0.2) is 9.59 Å².